The number of rotatable bonds is 2. The average Bonchev–Trinajstić information content (AvgIpc) is 2.73. The van der Waals surface area contributed by atoms with Gasteiger partial charge in [-0.1, -0.05) is 11.6 Å². The molecule has 1 saturated heterocycles. The summed E-state index contributed by atoms with van der Waals surface area (Å²) in [5.41, 5.74) is 0.00540. The van der Waals surface area contributed by atoms with Gasteiger partial charge in [0.25, 0.3) is 5.91 Å². The highest BCUT2D eigenvalue weighted by molar-refractivity contribution is 6.29. The molecule has 2 aromatic rings. The van der Waals surface area contributed by atoms with Gasteiger partial charge < -0.3 is 4.90 Å². The van der Waals surface area contributed by atoms with E-state index in [9.17, 15) is 18.4 Å². The molecule has 5 nitrogen and oxygen atoms in total. The van der Waals surface area contributed by atoms with E-state index in [1.54, 1.807) is 0 Å². The van der Waals surface area contributed by atoms with Gasteiger partial charge in [0.2, 0.25) is 0 Å². The summed E-state index contributed by atoms with van der Waals surface area (Å²) in [7, 11) is 1.35. The fraction of sp³-hybridized carbons (Fsp3) is 0.133. The first kappa shape index (κ1) is 15.4. The van der Waals surface area contributed by atoms with Gasteiger partial charge in [0.15, 0.2) is 0 Å². The molecule has 0 spiro atoms. The van der Waals surface area contributed by atoms with Crippen LogP contribution in [0.2, 0.25) is 5.15 Å². The minimum Gasteiger partial charge on any atom is -0.311 e. The van der Waals surface area contributed by atoms with Crippen LogP contribution in [0.5, 0.6) is 0 Å². The number of imide groups is 1. The summed E-state index contributed by atoms with van der Waals surface area (Å²) in [4.78, 5) is 30.6. The normalized spacial score (nSPS) is 18.0. The lowest BCUT2D eigenvalue weighted by atomic mass is 10.1. The third-order valence-electron chi connectivity index (χ3n) is 3.56. The molecule has 23 heavy (non-hydrogen) atoms. The minimum atomic E-state index is -1.24. The topological polar surface area (TPSA) is 53.5 Å². The van der Waals surface area contributed by atoms with Crippen molar-refractivity contribution in [1.82, 2.24) is 9.88 Å². The maximum Gasteiger partial charge on any atom is 0.332 e. The van der Waals surface area contributed by atoms with Gasteiger partial charge in [-0.3, -0.25) is 4.79 Å². The lowest BCUT2D eigenvalue weighted by Gasteiger charge is -2.16. The Kier molecular flexibility index (Phi) is 3.73. The Bertz CT molecular complexity index is 798. The number of benzene rings is 1. The number of carbonyl (C=O) groups excluding carboxylic acids is 2. The largest absolute Gasteiger partial charge is 0.332 e. The molecule has 1 aromatic heterocycles. The van der Waals surface area contributed by atoms with Gasteiger partial charge in [0, 0.05) is 12.6 Å². The molecule has 0 bridgehead atoms. The lowest BCUT2D eigenvalue weighted by molar-refractivity contribution is -0.119. The van der Waals surface area contributed by atoms with Crippen LogP contribution in [0, 0.1) is 11.6 Å². The molecule has 0 radical (unpaired) electrons. The van der Waals surface area contributed by atoms with E-state index in [1.807, 2.05) is 0 Å². The van der Waals surface area contributed by atoms with Gasteiger partial charge >= 0.3 is 6.03 Å². The smallest absolute Gasteiger partial charge is 0.311 e. The molecule has 2 heterocycles. The molecule has 0 saturated carbocycles. The first-order valence-electron chi connectivity index (χ1n) is 6.57. The first-order chi connectivity index (χ1) is 10.9. The molecule has 0 unspecified atom stereocenters. The van der Waals surface area contributed by atoms with E-state index in [-0.39, 0.29) is 16.4 Å². The van der Waals surface area contributed by atoms with E-state index >= 15 is 0 Å². The summed E-state index contributed by atoms with van der Waals surface area (Å²) >= 11 is 5.68. The van der Waals surface area contributed by atoms with Crippen LogP contribution in [0.25, 0.3) is 0 Å². The molecule has 1 aromatic carbocycles. The van der Waals surface area contributed by atoms with Crippen LogP contribution in [0.15, 0.2) is 36.5 Å². The average molecular weight is 338 g/mol. The highest BCUT2D eigenvalue weighted by atomic mass is 35.5. The second-order valence-corrected chi connectivity index (χ2v) is 5.36. The SMILES string of the molecule is CN1C(=O)N(c2ccc(Cl)nc2)C(=O)[C@@H]1c1cc(F)ccc1F. The highest BCUT2D eigenvalue weighted by Crippen LogP contribution is 2.34. The molecular formula is C15H10ClF2N3O2. The molecule has 1 aliphatic heterocycles. The summed E-state index contributed by atoms with van der Waals surface area (Å²) in [6.45, 7) is 0. The van der Waals surface area contributed by atoms with E-state index in [0.717, 1.165) is 28.0 Å². The van der Waals surface area contributed by atoms with Crippen molar-refractivity contribution in [3.05, 3.63) is 58.9 Å². The Morgan fingerprint density at radius 1 is 1.17 bits per heavy atom. The maximum atomic E-state index is 14.0. The van der Waals surface area contributed by atoms with Crippen LogP contribution in [0.4, 0.5) is 19.3 Å². The van der Waals surface area contributed by atoms with Crippen LogP contribution in [-0.2, 0) is 4.79 Å². The van der Waals surface area contributed by atoms with E-state index in [1.165, 1.54) is 25.4 Å². The molecule has 3 rings (SSSR count). The Morgan fingerprint density at radius 2 is 1.91 bits per heavy atom. The Morgan fingerprint density at radius 3 is 2.57 bits per heavy atom. The van der Waals surface area contributed by atoms with Crippen LogP contribution in [0.3, 0.4) is 0 Å². The van der Waals surface area contributed by atoms with Gasteiger partial charge in [0.1, 0.15) is 22.8 Å². The number of nitrogens with zero attached hydrogens (tertiary/aromatic N) is 3. The van der Waals surface area contributed by atoms with Crippen molar-refractivity contribution in [2.24, 2.45) is 0 Å². The quantitative estimate of drug-likeness (QED) is 0.625. The van der Waals surface area contributed by atoms with E-state index in [4.69, 9.17) is 11.6 Å². The number of anilines is 1. The molecule has 1 aliphatic rings. The van der Waals surface area contributed by atoms with Crippen molar-refractivity contribution in [2.75, 3.05) is 11.9 Å². The van der Waals surface area contributed by atoms with Gasteiger partial charge in [-0.05, 0) is 30.3 Å². The highest BCUT2D eigenvalue weighted by Gasteiger charge is 2.46. The summed E-state index contributed by atoms with van der Waals surface area (Å²) in [5, 5.41) is 0.203. The number of hydrogen-bond donors (Lipinski definition) is 0. The second-order valence-electron chi connectivity index (χ2n) is 4.97. The zero-order valence-electron chi connectivity index (χ0n) is 11.8. The molecule has 8 heteroatoms. The van der Waals surface area contributed by atoms with Crippen molar-refractivity contribution in [3.8, 4) is 0 Å². The second kappa shape index (κ2) is 5.58. The van der Waals surface area contributed by atoms with Crippen molar-refractivity contribution in [2.45, 2.75) is 6.04 Å². The number of pyridine rings is 1. The third kappa shape index (κ3) is 2.53. The monoisotopic (exact) mass is 337 g/mol. The van der Waals surface area contributed by atoms with E-state index in [0.29, 0.717) is 0 Å². The lowest BCUT2D eigenvalue weighted by Crippen LogP contribution is -2.31. The van der Waals surface area contributed by atoms with Crippen molar-refractivity contribution >= 4 is 29.2 Å². The minimum absolute atomic E-state index is 0.199. The number of carbonyl (C=O) groups is 2. The fourth-order valence-electron chi connectivity index (χ4n) is 2.45. The number of amides is 3. The van der Waals surface area contributed by atoms with Gasteiger partial charge in [-0.2, -0.15) is 0 Å². The van der Waals surface area contributed by atoms with Crippen LogP contribution < -0.4 is 4.90 Å². The van der Waals surface area contributed by atoms with Crippen molar-refractivity contribution in [3.63, 3.8) is 0 Å². The summed E-state index contributed by atoms with van der Waals surface area (Å²) in [6.07, 6.45) is 1.26. The van der Waals surface area contributed by atoms with Gasteiger partial charge in [0.05, 0.1) is 11.9 Å². The molecule has 3 amide bonds. The Hall–Kier alpha value is -2.54. The van der Waals surface area contributed by atoms with Gasteiger partial charge in [-0.15, -0.1) is 0 Å². The molecule has 1 atom stereocenters. The number of aromatic nitrogens is 1. The van der Waals surface area contributed by atoms with E-state index < -0.39 is 29.6 Å². The predicted molar refractivity (Wildman–Crippen MR) is 79.0 cm³/mol. The Labute approximate surface area is 135 Å². The van der Waals surface area contributed by atoms with Crippen LogP contribution in [-0.4, -0.2) is 28.9 Å². The Balaban J connectivity index is 2.04. The third-order valence-corrected chi connectivity index (χ3v) is 3.78. The van der Waals surface area contributed by atoms with Crippen molar-refractivity contribution < 1.29 is 18.4 Å². The zero-order valence-corrected chi connectivity index (χ0v) is 12.6. The molecule has 1 fully saturated rings. The first-order valence-corrected chi connectivity index (χ1v) is 6.95. The zero-order chi connectivity index (χ0) is 16.7. The predicted octanol–water partition coefficient (Wildman–Crippen LogP) is 3.15. The molecular weight excluding hydrogens is 328 g/mol. The summed E-state index contributed by atoms with van der Waals surface area (Å²) in [6, 6.07) is 3.74. The molecule has 0 aliphatic carbocycles. The maximum absolute atomic E-state index is 14.0. The number of halogens is 3. The number of hydrogen-bond acceptors (Lipinski definition) is 3. The molecule has 118 valence electrons. The van der Waals surface area contributed by atoms with E-state index in [2.05, 4.69) is 4.98 Å². The number of urea groups is 1. The summed E-state index contributed by atoms with van der Waals surface area (Å²) < 4.78 is 27.4. The summed E-state index contributed by atoms with van der Waals surface area (Å²) in [5.74, 6) is -2.15. The fourth-order valence-corrected chi connectivity index (χ4v) is 2.57. The van der Waals surface area contributed by atoms with Crippen molar-refractivity contribution in [1.29, 1.82) is 0 Å². The standard InChI is InChI=1S/C15H10ClF2N3O2/c1-20-13(10-6-8(17)2-4-11(10)18)14(22)21(15(20)23)9-3-5-12(16)19-7-9/h2-7,13H,1H3/t13-/m0/s1. The van der Waals surface area contributed by atoms with Gasteiger partial charge in [-0.25, -0.2) is 23.5 Å². The van der Waals surface area contributed by atoms with Crippen LogP contribution in [0.1, 0.15) is 11.6 Å². The number of likely N-dealkylation sites (N-methyl/N-ethyl adjacent to an activating group) is 1. The molecule has 0 N–H and O–H groups in total. The van der Waals surface area contributed by atoms with Crippen LogP contribution >= 0.6 is 11.6 Å².